The Balaban J connectivity index is 1.94. The first-order chi connectivity index (χ1) is 9.78. The number of hydrogen-bond donors (Lipinski definition) is 1. The van der Waals surface area contributed by atoms with Crippen molar-refractivity contribution in [1.29, 1.82) is 0 Å². The van der Waals surface area contributed by atoms with Crippen LogP contribution in [-0.2, 0) is 0 Å². The molecule has 2 aromatic carbocycles. The molecule has 0 saturated carbocycles. The highest BCUT2D eigenvalue weighted by molar-refractivity contribution is 7.99. The molecule has 0 bridgehead atoms. The molecule has 1 aromatic heterocycles. The first kappa shape index (κ1) is 13.2. The highest BCUT2D eigenvalue weighted by Gasteiger charge is 2.12. The molecule has 0 saturated heterocycles. The molecule has 1 N–H and O–H groups in total. The Morgan fingerprint density at radius 1 is 1.10 bits per heavy atom. The van der Waals surface area contributed by atoms with E-state index in [2.05, 4.69) is 35.4 Å². The van der Waals surface area contributed by atoms with E-state index in [4.69, 9.17) is 4.42 Å². The highest BCUT2D eigenvalue weighted by Crippen LogP contribution is 2.34. The first-order valence-electron chi connectivity index (χ1n) is 6.57. The van der Waals surface area contributed by atoms with Crippen LogP contribution >= 0.6 is 11.8 Å². The number of nitrogens with zero attached hydrogens (tertiary/aromatic N) is 1. The third-order valence-corrected chi connectivity index (χ3v) is 4.23. The predicted octanol–water partition coefficient (Wildman–Crippen LogP) is 4.26. The van der Waals surface area contributed by atoms with Crippen molar-refractivity contribution in [2.75, 3.05) is 7.05 Å². The van der Waals surface area contributed by atoms with Gasteiger partial charge < -0.3 is 9.73 Å². The summed E-state index contributed by atoms with van der Waals surface area (Å²) < 4.78 is 5.77. The minimum atomic E-state index is 0.295. The molecule has 3 rings (SSSR count). The number of nitrogens with one attached hydrogen (secondary N) is 1. The molecule has 3 aromatic rings. The zero-order valence-electron chi connectivity index (χ0n) is 11.5. The van der Waals surface area contributed by atoms with Gasteiger partial charge in [-0.1, -0.05) is 30.3 Å². The fourth-order valence-electron chi connectivity index (χ4n) is 2.08. The summed E-state index contributed by atoms with van der Waals surface area (Å²) in [7, 11) is 1.96. The molecule has 1 atom stereocenters. The normalized spacial score (nSPS) is 12.7. The topological polar surface area (TPSA) is 38.1 Å². The Bertz CT molecular complexity index is 690. The standard InChI is InChI=1S/C16H16N2OS/c1-11(17-2)12-7-3-6-10-15(12)20-16-18-13-8-4-5-9-14(13)19-16/h3-11,17H,1-2H3. The van der Waals surface area contributed by atoms with Gasteiger partial charge in [-0.3, -0.25) is 0 Å². The van der Waals surface area contributed by atoms with Crippen LogP contribution in [0.2, 0.25) is 0 Å². The second-order valence-corrected chi connectivity index (χ2v) is 5.59. The van der Waals surface area contributed by atoms with E-state index in [1.165, 1.54) is 10.5 Å². The van der Waals surface area contributed by atoms with Crippen molar-refractivity contribution < 1.29 is 4.42 Å². The fraction of sp³-hybridized carbons (Fsp3) is 0.188. The Morgan fingerprint density at radius 3 is 2.65 bits per heavy atom. The summed E-state index contributed by atoms with van der Waals surface area (Å²) in [6, 6.07) is 16.4. The van der Waals surface area contributed by atoms with E-state index in [0.29, 0.717) is 11.3 Å². The number of hydrogen-bond acceptors (Lipinski definition) is 4. The lowest BCUT2D eigenvalue weighted by Crippen LogP contribution is -2.12. The van der Waals surface area contributed by atoms with Gasteiger partial charge in [-0.15, -0.1) is 0 Å². The average Bonchev–Trinajstić information content (AvgIpc) is 2.89. The van der Waals surface area contributed by atoms with Crippen LogP contribution in [0, 0.1) is 0 Å². The zero-order chi connectivity index (χ0) is 13.9. The summed E-state index contributed by atoms with van der Waals surface area (Å²) >= 11 is 1.57. The lowest BCUT2D eigenvalue weighted by molar-refractivity contribution is 0.489. The second kappa shape index (κ2) is 5.69. The van der Waals surface area contributed by atoms with Gasteiger partial charge in [-0.05, 0) is 49.5 Å². The molecule has 0 spiro atoms. The maximum absolute atomic E-state index is 5.77. The van der Waals surface area contributed by atoms with Crippen LogP contribution < -0.4 is 5.32 Å². The van der Waals surface area contributed by atoms with Crippen molar-refractivity contribution in [2.45, 2.75) is 23.1 Å². The molecule has 4 heteroatoms. The fourth-order valence-corrected chi connectivity index (χ4v) is 3.05. The molecule has 0 fully saturated rings. The molecule has 1 heterocycles. The maximum Gasteiger partial charge on any atom is 0.261 e. The van der Waals surface area contributed by atoms with E-state index in [9.17, 15) is 0 Å². The smallest absolute Gasteiger partial charge is 0.261 e. The van der Waals surface area contributed by atoms with E-state index in [1.54, 1.807) is 11.8 Å². The minimum Gasteiger partial charge on any atom is -0.431 e. The SMILES string of the molecule is CNC(C)c1ccccc1Sc1nc2ccccc2o1. The van der Waals surface area contributed by atoms with Gasteiger partial charge in [0.25, 0.3) is 5.22 Å². The third-order valence-electron chi connectivity index (χ3n) is 3.29. The zero-order valence-corrected chi connectivity index (χ0v) is 12.3. The van der Waals surface area contributed by atoms with Gasteiger partial charge in [0.15, 0.2) is 5.58 Å². The lowest BCUT2D eigenvalue weighted by Gasteiger charge is -2.14. The van der Waals surface area contributed by atoms with E-state index < -0.39 is 0 Å². The van der Waals surface area contributed by atoms with Gasteiger partial charge in [-0.25, -0.2) is 4.98 Å². The summed E-state index contributed by atoms with van der Waals surface area (Å²) in [6.45, 7) is 2.14. The summed E-state index contributed by atoms with van der Waals surface area (Å²) in [5.74, 6) is 0. The molecule has 0 aliphatic heterocycles. The van der Waals surface area contributed by atoms with Gasteiger partial charge in [0.2, 0.25) is 0 Å². The quantitative estimate of drug-likeness (QED) is 0.777. The lowest BCUT2D eigenvalue weighted by atomic mass is 10.1. The molecule has 102 valence electrons. The number of rotatable bonds is 4. The second-order valence-electron chi connectivity index (χ2n) is 4.60. The van der Waals surface area contributed by atoms with E-state index >= 15 is 0 Å². The Morgan fingerprint density at radius 2 is 1.85 bits per heavy atom. The van der Waals surface area contributed by atoms with Gasteiger partial charge in [-0.2, -0.15) is 0 Å². The van der Waals surface area contributed by atoms with Crippen molar-refractivity contribution in [1.82, 2.24) is 10.3 Å². The Hall–Kier alpha value is -1.78. The predicted molar refractivity (Wildman–Crippen MR) is 82.0 cm³/mol. The van der Waals surface area contributed by atoms with Crippen molar-refractivity contribution >= 4 is 22.9 Å². The minimum absolute atomic E-state index is 0.295. The molecule has 20 heavy (non-hydrogen) atoms. The van der Waals surface area contributed by atoms with Crippen LogP contribution in [0.15, 0.2) is 63.1 Å². The van der Waals surface area contributed by atoms with Crippen LogP contribution in [0.5, 0.6) is 0 Å². The van der Waals surface area contributed by atoms with E-state index in [0.717, 1.165) is 11.1 Å². The van der Waals surface area contributed by atoms with E-state index in [1.807, 2.05) is 37.4 Å². The first-order valence-corrected chi connectivity index (χ1v) is 7.39. The number of fused-ring (bicyclic) bond motifs is 1. The highest BCUT2D eigenvalue weighted by atomic mass is 32.2. The molecule has 0 amide bonds. The van der Waals surface area contributed by atoms with Crippen LogP contribution in [-0.4, -0.2) is 12.0 Å². The average molecular weight is 284 g/mol. The summed E-state index contributed by atoms with van der Waals surface area (Å²) in [4.78, 5) is 5.68. The monoisotopic (exact) mass is 284 g/mol. The van der Waals surface area contributed by atoms with E-state index in [-0.39, 0.29) is 0 Å². The van der Waals surface area contributed by atoms with Crippen LogP contribution in [0.1, 0.15) is 18.5 Å². The van der Waals surface area contributed by atoms with Gasteiger partial charge in [0.05, 0.1) is 0 Å². The number of oxazole rings is 1. The Kier molecular flexibility index (Phi) is 3.76. The Labute approximate surface area is 122 Å². The molecule has 1 unspecified atom stereocenters. The maximum atomic E-state index is 5.77. The molecular weight excluding hydrogens is 268 g/mol. The number of benzene rings is 2. The van der Waals surface area contributed by atoms with Gasteiger partial charge >= 0.3 is 0 Å². The van der Waals surface area contributed by atoms with Crippen molar-refractivity contribution in [3.63, 3.8) is 0 Å². The summed E-state index contributed by atoms with van der Waals surface area (Å²) in [5, 5.41) is 3.95. The van der Waals surface area contributed by atoms with Crippen LogP contribution in [0.4, 0.5) is 0 Å². The molecule has 0 aliphatic rings. The summed E-state index contributed by atoms with van der Waals surface area (Å²) in [5.41, 5.74) is 2.98. The molecule has 0 radical (unpaired) electrons. The largest absolute Gasteiger partial charge is 0.431 e. The number of aromatic nitrogens is 1. The van der Waals surface area contributed by atoms with Gasteiger partial charge in [0.1, 0.15) is 5.52 Å². The summed E-state index contributed by atoms with van der Waals surface area (Å²) in [6.07, 6.45) is 0. The molecular formula is C16H16N2OS. The van der Waals surface area contributed by atoms with Crippen LogP contribution in [0.25, 0.3) is 11.1 Å². The third kappa shape index (κ3) is 2.57. The molecule has 3 nitrogen and oxygen atoms in total. The van der Waals surface area contributed by atoms with Crippen molar-refractivity contribution in [3.05, 3.63) is 54.1 Å². The van der Waals surface area contributed by atoms with Gasteiger partial charge in [0, 0.05) is 10.9 Å². The van der Waals surface area contributed by atoms with Crippen molar-refractivity contribution in [2.24, 2.45) is 0 Å². The van der Waals surface area contributed by atoms with Crippen molar-refractivity contribution in [3.8, 4) is 0 Å². The molecule has 0 aliphatic carbocycles. The number of para-hydroxylation sites is 2. The van der Waals surface area contributed by atoms with Crippen LogP contribution in [0.3, 0.4) is 0 Å².